The molecule has 2 N–H and O–H groups in total. The normalized spacial score (nSPS) is 12.0. The first-order chi connectivity index (χ1) is 14.1. The van der Waals surface area contributed by atoms with Crippen LogP contribution in [0.4, 0.5) is 10.1 Å². The lowest BCUT2D eigenvalue weighted by Crippen LogP contribution is -2.19. The van der Waals surface area contributed by atoms with Gasteiger partial charge in [0, 0.05) is 35.4 Å². The molecule has 154 valence electrons. The summed E-state index contributed by atoms with van der Waals surface area (Å²) >= 11 is 0. The zero-order valence-corrected chi connectivity index (χ0v) is 17.5. The first-order valence-corrected chi connectivity index (χ1v) is 10.1. The largest absolute Gasteiger partial charge is 0.493 e. The van der Waals surface area contributed by atoms with Crippen LogP contribution in [0.15, 0.2) is 60.4 Å². The number of aromatic amines is 1. The zero-order chi connectivity index (χ0) is 20.6. The minimum atomic E-state index is -0.306. The van der Waals surface area contributed by atoms with Gasteiger partial charge in [-0.15, -0.1) is 0 Å². The second-order valence-corrected chi connectivity index (χ2v) is 7.45. The van der Waals surface area contributed by atoms with Crippen molar-refractivity contribution in [2.45, 2.75) is 26.2 Å². The number of aryl methyl sites for hydroxylation is 1. The van der Waals surface area contributed by atoms with Crippen LogP contribution in [0.3, 0.4) is 0 Å². The lowest BCUT2D eigenvalue weighted by atomic mass is 10.1. The summed E-state index contributed by atoms with van der Waals surface area (Å²) in [6, 6.07) is 13.3. The third-order valence-corrected chi connectivity index (χ3v) is 4.71. The molecule has 1 heterocycles. The number of fused-ring (bicyclic) bond motifs is 1. The van der Waals surface area contributed by atoms with Gasteiger partial charge < -0.3 is 19.9 Å². The van der Waals surface area contributed by atoms with Crippen LogP contribution in [0, 0.1) is 5.82 Å². The molecule has 0 aliphatic carbocycles. The fourth-order valence-electron chi connectivity index (χ4n) is 3.39. The highest BCUT2D eigenvalue weighted by Crippen LogP contribution is 2.23. The van der Waals surface area contributed by atoms with E-state index in [0.717, 1.165) is 37.0 Å². The highest BCUT2D eigenvalue weighted by Gasteiger charge is 2.08. The minimum absolute atomic E-state index is 0.306. The van der Waals surface area contributed by atoms with Crippen molar-refractivity contribution in [1.29, 1.82) is 0 Å². The number of para-hydroxylation sites is 1. The van der Waals surface area contributed by atoms with E-state index >= 15 is 0 Å². The van der Waals surface area contributed by atoms with Crippen LogP contribution in [0.5, 0.6) is 5.75 Å². The van der Waals surface area contributed by atoms with Crippen molar-refractivity contribution in [2.75, 3.05) is 32.6 Å². The molecule has 1 aromatic heterocycles. The number of allylic oxidation sites excluding steroid dienone is 1. The van der Waals surface area contributed by atoms with Crippen molar-refractivity contribution >= 4 is 16.6 Å². The van der Waals surface area contributed by atoms with E-state index in [2.05, 4.69) is 46.5 Å². The van der Waals surface area contributed by atoms with Crippen LogP contribution in [0.1, 0.15) is 25.3 Å². The van der Waals surface area contributed by atoms with E-state index in [0.29, 0.717) is 18.0 Å². The third kappa shape index (κ3) is 5.84. The molecule has 29 heavy (non-hydrogen) atoms. The number of H-pyrrole nitrogens is 1. The number of hydrogen-bond donors (Lipinski definition) is 2. The van der Waals surface area contributed by atoms with E-state index in [4.69, 9.17) is 4.74 Å². The minimum Gasteiger partial charge on any atom is -0.493 e. The molecular weight excluding hydrogens is 365 g/mol. The topological polar surface area (TPSA) is 40.3 Å². The molecule has 2 aromatic carbocycles. The van der Waals surface area contributed by atoms with Crippen molar-refractivity contribution in [2.24, 2.45) is 0 Å². The van der Waals surface area contributed by atoms with E-state index in [9.17, 15) is 4.39 Å². The van der Waals surface area contributed by atoms with Gasteiger partial charge in [0.1, 0.15) is 11.6 Å². The van der Waals surface area contributed by atoms with Gasteiger partial charge in [0.15, 0.2) is 0 Å². The maximum atomic E-state index is 14.5. The van der Waals surface area contributed by atoms with Crippen molar-refractivity contribution in [3.05, 3.63) is 71.8 Å². The summed E-state index contributed by atoms with van der Waals surface area (Å²) in [4.78, 5) is 5.34. The summed E-state index contributed by atoms with van der Waals surface area (Å²) in [7, 11) is 3.99. The van der Waals surface area contributed by atoms with Gasteiger partial charge in [0.2, 0.25) is 0 Å². The Morgan fingerprint density at radius 3 is 2.79 bits per heavy atom. The highest BCUT2D eigenvalue weighted by molar-refractivity contribution is 5.83. The second-order valence-electron chi connectivity index (χ2n) is 7.45. The smallest absolute Gasteiger partial charge is 0.150 e. The number of halogens is 1. The summed E-state index contributed by atoms with van der Waals surface area (Å²) in [6.07, 6.45) is 6.82. The Kier molecular flexibility index (Phi) is 7.30. The van der Waals surface area contributed by atoms with E-state index < -0.39 is 0 Å². The third-order valence-electron chi connectivity index (χ3n) is 4.71. The molecule has 0 unspecified atom stereocenters. The summed E-state index contributed by atoms with van der Waals surface area (Å²) in [6.45, 7) is 3.35. The van der Waals surface area contributed by atoms with Crippen LogP contribution in [-0.2, 0) is 6.42 Å². The summed E-state index contributed by atoms with van der Waals surface area (Å²) in [5, 5.41) is 4.45. The molecule has 0 saturated heterocycles. The molecule has 0 spiro atoms. The average molecular weight is 396 g/mol. The predicted molar refractivity (Wildman–Crippen MR) is 119 cm³/mol. The molecule has 0 aliphatic heterocycles. The molecule has 5 heteroatoms. The van der Waals surface area contributed by atoms with Gasteiger partial charge in [0.05, 0.1) is 12.3 Å². The number of anilines is 1. The van der Waals surface area contributed by atoms with Gasteiger partial charge >= 0.3 is 0 Å². The maximum Gasteiger partial charge on any atom is 0.150 e. The summed E-state index contributed by atoms with van der Waals surface area (Å²) < 4.78 is 20.3. The molecule has 0 fully saturated rings. The maximum absolute atomic E-state index is 14.5. The van der Waals surface area contributed by atoms with Crippen LogP contribution < -0.4 is 10.1 Å². The highest BCUT2D eigenvalue weighted by atomic mass is 19.1. The number of aromatic nitrogens is 1. The number of likely N-dealkylation sites (N-methyl/N-ethyl adjacent to an activating group) is 1. The number of rotatable bonds is 10. The lowest BCUT2D eigenvalue weighted by molar-refractivity contribution is 0.309. The number of benzene rings is 2. The Balaban J connectivity index is 1.53. The van der Waals surface area contributed by atoms with Gasteiger partial charge in [-0.25, -0.2) is 4.39 Å². The zero-order valence-electron chi connectivity index (χ0n) is 17.5. The summed E-state index contributed by atoms with van der Waals surface area (Å²) in [5.74, 6) is 0.250. The quantitative estimate of drug-likeness (QED) is 0.440. The number of nitrogens with one attached hydrogen (secondary N) is 2. The molecule has 0 bridgehead atoms. The SMILES string of the molecule is CC/C=C(\CN(C)C)Nc1ccc(OCCCc2c[nH]c3ccccc23)cc1F. The van der Waals surface area contributed by atoms with Gasteiger partial charge in [-0.3, -0.25) is 0 Å². The van der Waals surface area contributed by atoms with Crippen LogP contribution >= 0.6 is 0 Å². The number of ether oxygens (including phenoxy) is 1. The molecule has 3 rings (SSSR count). The first kappa shape index (κ1) is 20.9. The van der Waals surface area contributed by atoms with Gasteiger partial charge in [-0.1, -0.05) is 31.2 Å². The summed E-state index contributed by atoms with van der Waals surface area (Å²) in [5.41, 5.74) is 3.90. The average Bonchev–Trinajstić information content (AvgIpc) is 3.10. The second kappa shape index (κ2) is 10.1. The molecule has 0 radical (unpaired) electrons. The fourth-order valence-corrected chi connectivity index (χ4v) is 3.39. The van der Waals surface area contributed by atoms with Crippen LogP contribution in [0.25, 0.3) is 10.9 Å². The van der Waals surface area contributed by atoms with Gasteiger partial charge in [0.25, 0.3) is 0 Å². The van der Waals surface area contributed by atoms with Gasteiger partial charge in [-0.2, -0.15) is 0 Å². The fraction of sp³-hybridized carbons (Fsp3) is 0.333. The molecule has 0 aliphatic rings. The van der Waals surface area contributed by atoms with Crippen molar-refractivity contribution in [1.82, 2.24) is 9.88 Å². The van der Waals surface area contributed by atoms with E-state index in [1.165, 1.54) is 17.0 Å². The van der Waals surface area contributed by atoms with Crippen molar-refractivity contribution in [3.63, 3.8) is 0 Å². The molecule has 0 saturated carbocycles. The Morgan fingerprint density at radius 1 is 1.21 bits per heavy atom. The lowest BCUT2D eigenvalue weighted by Gasteiger charge is -2.17. The Bertz CT molecular complexity index is 962. The van der Waals surface area contributed by atoms with E-state index in [-0.39, 0.29) is 5.82 Å². The van der Waals surface area contributed by atoms with Crippen molar-refractivity contribution < 1.29 is 9.13 Å². The standard InChI is InChI=1S/C24H30FN3O/c1-4-8-19(17-28(2)3)27-24-13-12-20(15-22(24)25)29-14-7-9-18-16-26-23-11-6-5-10-21(18)23/h5-6,8,10-13,15-16,26-27H,4,7,9,14,17H2,1-3H3/b19-8+. The molecule has 0 amide bonds. The predicted octanol–water partition coefficient (Wildman–Crippen LogP) is 5.59. The van der Waals surface area contributed by atoms with Gasteiger partial charge in [-0.05, 0) is 57.1 Å². The Morgan fingerprint density at radius 2 is 2.03 bits per heavy atom. The molecular formula is C24H30FN3O. The number of hydrogen-bond acceptors (Lipinski definition) is 3. The monoisotopic (exact) mass is 395 g/mol. The van der Waals surface area contributed by atoms with Crippen molar-refractivity contribution in [3.8, 4) is 5.75 Å². The Hall–Kier alpha value is -2.79. The van der Waals surface area contributed by atoms with Crippen LogP contribution in [0.2, 0.25) is 0 Å². The Labute approximate surface area is 172 Å². The molecule has 4 nitrogen and oxygen atoms in total. The van der Waals surface area contributed by atoms with E-state index in [1.54, 1.807) is 6.07 Å². The van der Waals surface area contributed by atoms with E-state index in [1.807, 2.05) is 32.3 Å². The molecule has 3 aromatic rings. The number of nitrogens with zero attached hydrogens (tertiary/aromatic N) is 1. The van der Waals surface area contributed by atoms with Crippen LogP contribution in [-0.4, -0.2) is 37.1 Å². The first-order valence-electron chi connectivity index (χ1n) is 10.1. The molecule has 0 atom stereocenters.